The van der Waals surface area contributed by atoms with E-state index in [4.69, 9.17) is 5.73 Å². The molecule has 1 atom stereocenters. The van der Waals surface area contributed by atoms with Crippen LogP contribution < -0.4 is 11.1 Å². The summed E-state index contributed by atoms with van der Waals surface area (Å²) in [7, 11) is 0. The molecule has 0 heterocycles. The van der Waals surface area contributed by atoms with Crippen molar-refractivity contribution in [2.45, 2.75) is 33.2 Å². The van der Waals surface area contributed by atoms with Gasteiger partial charge in [-0.25, -0.2) is 0 Å². The van der Waals surface area contributed by atoms with Crippen LogP contribution in [0.15, 0.2) is 18.2 Å². The number of rotatable bonds is 4. The lowest BCUT2D eigenvalue weighted by molar-refractivity contribution is 0.0925. The van der Waals surface area contributed by atoms with Gasteiger partial charge in [-0.05, 0) is 30.5 Å². The van der Waals surface area contributed by atoms with Crippen molar-refractivity contribution in [1.29, 1.82) is 0 Å². The molecule has 0 saturated carbocycles. The third-order valence-electron chi connectivity index (χ3n) is 2.84. The molecule has 0 aliphatic carbocycles. The number of amides is 1. The van der Waals surface area contributed by atoms with Crippen LogP contribution in [-0.2, 0) is 0 Å². The number of carbonyl (C=O) groups excluding carboxylic acids is 1. The third-order valence-corrected chi connectivity index (χ3v) is 2.84. The molecule has 4 N–H and O–H groups in total. The molecule has 1 rings (SSSR count). The minimum absolute atomic E-state index is 0.0435. The van der Waals surface area contributed by atoms with Gasteiger partial charge in [0.2, 0.25) is 0 Å². The summed E-state index contributed by atoms with van der Waals surface area (Å²) in [4.78, 5) is 12.0. The van der Waals surface area contributed by atoms with Gasteiger partial charge in [-0.3, -0.25) is 4.79 Å². The zero-order valence-corrected chi connectivity index (χ0v) is 10.5. The fourth-order valence-electron chi connectivity index (χ4n) is 1.73. The fourth-order valence-corrected chi connectivity index (χ4v) is 1.73. The maximum atomic E-state index is 12.0. The number of aromatic hydroxyl groups is 1. The third kappa shape index (κ3) is 3.37. The zero-order valence-electron chi connectivity index (χ0n) is 10.5. The molecule has 0 fully saturated rings. The predicted octanol–water partition coefficient (Wildman–Crippen LogP) is 2.14. The molecular weight excluding hydrogens is 216 g/mol. The molecule has 0 aliphatic rings. The Kier molecular flexibility index (Phi) is 4.37. The van der Waals surface area contributed by atoms with Crippen LogP contribution in [0.25, 0.3) is 0 Å². The summed E-state index contributed by atoms with van der Waals surface area (Å²) in [6.07, 6.45) is 0.863. The Hall–Kier alpha value is -1.71. The minimum atomic E-state index is -0.237. The summed E-state index contributed by atoms with van der Waals surface area (Å²) in [6.45, 7) is 6.14. The lowest BCUT2D eigenvalue weighted by Gasteiger charge is -2.21. The van der Waals surface area contributed by atoms with Gasteiger partial charge in [-0.1, -0.05) is 20.8 Å². The SMILES string of the molecule is CCC(NC(=O)c1cc(O)ccc1N)C(C)C. The summed E-state index contributed by atoms with van der Waals surface area (Å²) in [5, 5.41) is 12.3. The highest BCUT2D eigenvalue weighted by Gasteiger charge is 2.17. The molecule has 0 spiro atoms. The van der Waals surface area contributed by atoms with Crippen LogP contribution in [0.3, 0.4) is 0 Å². The van der Waals surface area contributed by atoms with E-state index in [1.807, 2.05) is 6.92 Å². The molecule has 0 aliphatic heterocycles. The van der Waals surface area contributed by atoms with Crippen molar-refractivity contribution < 1.29 is 9.90 Å². The highest BCUT2D eigenvalue weighted by atomic mass is 16.3. The maximum Gasteiger partial charge on any atom is 0.253 e. The van der Waals surface area contributed by atoms with Crippen molar-refractivity contribution >= 4 is 11.6 Å². The van der Waals surface area contributed by atoms with Crippen molar-refractivity contribution in [3.05, 3.63) is 23.8 Å². The molecule has 1 aromatic carbocycles. The van der Waals surface area contributed by atoms with E-state index in [0.29, 0.717) is 17.2 Å². The lowest BCUT2D eigenvalue weighted by atomic mass is 10.0. The lowest BCUT2D eigenvalue weighted by Crippen LogP contribution is -2.38. The van der Waals surface area contributed by atoms with E-state index in [2.05, 4.69) is 19.2 Å². The number of phenols is 1. The number of hydrogen-bond donors (Lipinski definition) is 3. The number of carbonyl (C=O) groups is 1. The van der Waals surface area contributed by atoms with Crippen LogP contribution >= 0.6 is 0 Å². The van der Waals surface area contributed by atoms with Crippen LogP contribution in [0.1, 0.15) is 37.6 Å². The Morgan fingerprint density at radius 2 is 2.12 bits per heavy atom. The standard InChI is InChI=1S/C13H20N2O2/c1-4-12(8(2)3)15-13(17)10-7-9(16)5-6-11(10)14/h5-8,12,16H,4,14H2,1-3H3,(H,15,17). The number of nitrogen functional groups attached to an aromatic ring is 1. The van der Waals surface area contributed by atoms with Gasteiger partial charge in [-0.15, -0.1) is 0 Å². The van der Waals surface area contributed by atoms with Gasteiger partial charge in [-0.2, -0.15) is 0 Å². The predicted molar refractivity (Wildman–Crippen MR) is 68.9 cm³/mol. The molecule has 0 bridgehead atoms. The number of nitrogens with two attached hydrogens (primary N) is 1. The number of phenolic OH excluding ortho intramolecular Hbond substituents is 1. The van der Waals surface area contributed by atoms with E-state index < -0.39 is 0 Å². The van der Waals surface area contributed by atoms with E-state index in [1.165, 1.54) is 18.2 Å². The molecule has 94 valence electrons. The Labute approximate surface area is 102 Å². The van der Waals surface area contributed by atoms with Crippen LogP contribution in [-0.4, -0.2) is 17.1 Å². The Morgan fingerprint density at radius 1 is 1.47 bits per heavy atom. The van der Waals surface area contributed by atoms with Gasteiger partial charge >= 0.3 is 0 Å². The number of hydrogen-bond acceptors (Lipinski definition) is 3. The first-order chi connectivity index (χ1) is 7.95. The molecule has 1 aromatic rings. The molecule has 4 heteroatoms. The molecule has 1 amide bonds. The Morgan fingerprint density at radius 3 is 2.65 bits per heavy atom. The normalized spacial score (nSPS) is 12.5. The molecule has 0 saturated heterocycles. The average Bonchev–Trinajstić information content (AvgIpc) is 2.28. The van der Waals surface area contributed by atoms with Crippen LogP contribution in [0.5, 0.6) is 5.75 Å². The number of anilines is 1. The number of benzene rings is 1. The van der Waals surface area contributed by atoms with E-state index >= 15 is 0 Å². The largest absolute Gasteiger partial charge is 0.508 e. The van der Waals surface area contributed by atoms with E-state index in [1.54, 1.807) is 0 Å². The molecule has 0 aromatic heterocycles. The fraction of sp³-hybridized carbons (Fsp3) is 0.462. The second-order valence-corrected chi connectivity index (χ2v) is 4.50. The highest BCUT2D eigenvalue weighted by Crippen LogP contribution is 2.19. The van der Waals surface area contributed by atoms with E-state index in [-0.39, 0.29) is 17.7 Å². The second-order valence-electron chi connectivity index (χ2n) is 4.50. The van der Waals surface area contributed by atoms with Crippen molar-refractivity contribution in [3.8, 4) is 5.75 Å². The molecular formula is C13H20N2O2. The van der Waals surface area contributed by atoms with Gasteiger partial charge in [0, 0.05) is 11.7 Å². The summed E-state index contributed by atoms with van der Waals surface area (Å²) < 4.78 is 0. The minimum Gasteiger partial charge on any atom is -0.508 e. The molecule has 0 radical (unpaired) electrons. The van der Waals surface area contributed by atoms with Gasteiger partial charge in [0.25, 0.3) is 5.91 Å². The van der Waals surface area contributed by atoms with Crippen LogP contribution in [0.4, 0.5) is 5.69 Å². The first-order valence-corrected chi connectivity index (χ1v) is 5.85. The zero-order chi connectivity index (χ0) is 13.0. The summed E-state index contributed by atoms with van der Waals surface area (Å²) in [6, 6.07) is 4.49. The average molecular weight is 236 g/mol. The first-order valence-electron chi connectivity index (χ1n) is 5.85. The van der Waals surface area contributed by atoms with Crippen molar-refractivity contribution in [1.82, 2.24) is 5.32 Å². The van der Waals surface area contributed by atoms with Gasteiger partial charge in [0.05, 0.1) is 5.56 Å². The van der Waals surface area contributed by atoms with Crippen LogP contribution in [0, 0.1) is 5.92 Å². The monoisotopic (exact) mass is 236 g/mol. The Balaban J connectivity index is 2.86. The van der Waals surface area contributed by atoms with Gasteiger partial charge < -0.3 is 16.2 Å². The smallest absolute Gasteiger partial charge is 0.253 e. The van der Waals surface area contributed by atoms with Crippen molar-refractivity contribution in [2.24, 2.45) is 5.92 Å². The molecule has 1 unspecified atom stereocenters. The van der Waals surface area contributed by atoms with Crippen LogP contribution in [0.2, 0.25) is 0 Å². The van der Waals surface area contributed by atoms with Gasteiger partial charge in [0.1, 0.15) is 5.75 Å². The summed E-state index contributed by atoms with van der Waals surface area (Å²) in [5.41, 5.74) is 6.41. The van der Waals surface area contributed by atoms with E-state index in [9.17, 15) is 9.90 Å². The summed E-state index contributed by atoms with van der Waals surface area (Å²) >= 11 is 0. The quantitative estimate of drug-likeness (QED) is 0.554. The second kappa shape index (κ2) is 5.57. The van der Waals surface area contributed by atoms with Gasteiger partial charge in [0.15, 0.2) is 0 Å². The Bertz CT molecular complexity index is 402. The molecule has 17 heavy (non-hydrogen) atoms. The van der Waals surface area contributed by atoms with E-state index in [0.717, 1.165) is 6.42 Å². The molecule has 4 nitrogen and oxygen atoms in total. The number of nitrogens with one attached hydrogen (secondary N) is 1. The topological polar surface area (TPSA) is 75.3 Å². The maximum absolute atomic E-state index is 12.0. The summed E-state index contributed by atoms with van der Waals surface area (Å²) in [5.74, 6) is 0.170. The first kappa shape index (κ1) is 13.4. The van der Waals surface area contributed by atoms with Crippen molar-refractivity contribution in [3.63, 3.8) is 0 Å². The highest BCUT2D eigenvalue weighted by molar-refractivity contribution is 5.99. The van der Waals surface area contributed by atoms with Crippen molar-refractivity contribution in [2.75, 3.05) is 5.73 Å².